The van der Waals surface area contributed by atoms with Crippen LogP contribution in [0.4, 0.5) is 8.78 Å². The number of amides is 1. The lowest BCUT2D eigenvalue weighted by Gasteiger charge is -2.26. The minimum Gasteiger partial charge on any atom is -0.340 e. The molecule has 0 spiro atoms. The van der Waals surface area contributed by atoms with Crippen molar-refractivity contribution in [2.24, 2.45) is 0 Å². The summed E-state index contributed by atoms with van der Waals surface area (Å²) in [7, 11) is 3.97. The monoisotopic (exact) mass is 348 g/mol. The van der Waals surface area contributed by atoms with Gasteiger partial charge in [0.2, 0.25) is 5.91 Å². The summed E-state index contributed by atoms with van der Waals surface area (Å²) in [6.45, 7) is 1.94. The smallest absolute Gasteiger partial charge is 0.222 e. The van der Waals surface area contributed by atoms with Crippen molar-refractivity contribution in [2.45, 2.75) is 25.8 Å². The first kappa shape index (κ1) is 17.5. The number of H-pyrrole nitrogens is 1. The van der Waals surface area contributed by atoms with E-state index in [1.807, 2.05) is 14.1 Å². The fourth-order valence-corrected chi connectivity index (χ4v) is 3.02. The van der Waals surface area contributed by atoms with Crippen LogP contribution < -0.4 is 0 Å². The van der Waals surface area contributed by atoms with Gasteiger partial charge in [-0.05, 0) is 39.2 Å². The second-order valence-electron chi connectivity index (χ2n) is 6.61. The van der Waals surface area contributed by atoms with Crippen molar-refractivity contribution >= 4 is 5.91 Å². The maximum Gasteiger partial charge on any atom is 0.222 e. The van der Waals surface area contributed by atoms with Crippen LogP contribution in [0, 0.1) is 11.6 Å². The second-order valence-corrected chi connectivity index (χ2v) is 6.61. The van der Waals surface area contributed by atoms with Gasteiger partial charge in [-0.2, -0.15) is 0 Å². The highest BCUT2D eigenvalue weighted by Crippen LogP contribution is 2.25. The molecule has 0 radical (unpaired) electrons. The number of aromatic amines is 1. The third-order valence-corrected chi connectivity index (χ3v) is 4.37. The van der Waals surface area contributed by atoms with Gasteiger partial charge in [-0.25, -0.2) is 13.8 Å². The maximum atomic E-state index is 13.9. The highest BCUT2D eigenvalue weighted by Gasteiger charge is 2.24. The first-order valence-electron chi connectivity index (χ1n) is 8.39. The summed E-state index contributed by atoms with van der Waals surface area (Å²) in [5.74, 6) is -0.768. The van der Waals surface area contributed by atoms with E-state index in [1.54, 1.807) is 4.90 Å². The summed E-state index contributed by atoms with van der Waals surface area (Å²) >= 11 is 0. The van der Waals surface area contributed by atoms with Crippen LogP contribution in [-0.2, 0) is 17.8 Å². The van der Waals surface area contributed by atoms with Crippen molar-refractivity contribution in [1.82, 2.24) is 19.8 Å². The molecular weight excluding hydrogens is 326 g/mol. The molecule has 0 saturated heterocycles. The Morgan fingerprint density at radius 3 is 2.88 bits per heavy atom. The third kappa shape index (κ3) is 4.04. The number of hydrogen-bond donors (Lipinski definition) is 1. The molecule has 2 aromatic rings. The molecule has 3 rings (SSSR count). The van der Waals surface area contributed by atoms with Gasteiger partial charge < -0.3 is 14.8 Å². The fourth-order valence-electron chi connectivity index (χ4n) is 3.02. The molecule has 1 aliphatic rings. The standard InChI is InChI=1S/C18H22F2N4O/c1-23(2)8-3-4-17(25)24-9-7-15-16(11-24)22-18(21-15)13-6-5-12(19)10-14(13)20/h5-6,10H,3-4,7-9,11H2,1-2H3,(H,21,22). The molecule has 0 saturated carbocycles. The molecule has 2 heterocycles. The molecule has 1 aliphatic heterocycles. The molecule has 25 heavy (non-hydrogen) atoms. The van der Waals surface area contributed by atoms with Crippen molar-refractivity contribution in [3.8, 4) is 11.4 Å². The zero-order valence-corrected chi connectivity index (χ0v) is 14.5. The average Bonchev–Trinajstić information content (AvgIpc) is 2.96. The van der Waals surface area contributed by atoms with Crippen molar-refractivity contribution in [3.05, 3.63) is 41.2 Å². The van der Waals surface area contributed by atoms with E-state index in [0.29, 0.717) is 31.8 Å². The number of hydrogen-bond acceptors (Lipinski definition) is 3. The summed E-state index contributed by atoms with van der Waals surface area (Å²) in [4.78, 5) is 23.7. The highest BCUT2D eigenvalue weighted by atomic mass is 19.1. The molecule has 1 aromatic heterocycles. The molecule has 7 heteroatoms. The Balaban J connectivity index is 1.70. The Hall–Kier alpha value is -2.28. The number of carbonyl (C=O) groups is 1. The van der Waals surface area contributed by atoms with Gasteiger partial charge in [0.05, 0.1) is 23.5 Å². The summed E-state index contributed by atoms with van der Waals surface area (Å²) in [6, 6.07) is 3.43. The normalized spacial score (nSPS) is 14.0. The number of fused-ring (bicyclic) bond motifs is 1. The quantitative estimate of drug-likeness (QED) is 0.904. The molecule has 0 aliphatic carbocycles. The van der Waals surface area contributed by atoms with E-state index in [4.69, 9.17) is 0 Å². The predicted molar refractivity (Wildman–Crippen MR) is 90.8 cm³/mol. The van der Waals surface area contributed by atoms with Crippen LogP contribution in [0.15, 0.2) is 18.2 Å². The molecule has 1 aromatic carbocycles. The number of rotatable bonds is 5. The number of halogens is 2. The van der Waals surface area contributed by atoms with E-state index in [9.17, 15) is 13.6 Å². The Labute approximate surface area is 145 Å². The molecule has 1 amide bonds. The summed E-state index contributed by atoms with van der Waals surface area (Å²) in [6.07, 6.45) is 1.97. The predicted octanol–water partition coefficient (Wildman–Crippen LogP) is 2.58. The Morgan fingerprint density at radius 1 is 1.36 bits per heavy atom. The van der Waals surface area contributed by atoms with Gasteiger partial charge in [-0.15, -0.1) is 0 Å². The van der Waals surface area contributed by atoms with Crippen LogP contribution in [0.2, 0.25) is 0 Å². The van der Waals surface area contributed by atoms with Gasteiger partial charge in [-0.3, -0.25) is 4.79 Å². The summed E-state index contributed by atoms with van der Waals surface area (Å²) < 4.78 is 27.0. The minimum atomic E-state index is -0.650. The average molecular weight is 348 g/mol. The van der Waals surface area contributed by atoms with Crippen LogP contribution in [0.1, 0.15) is 24.2 Å². The zero-order chi connectivity index (χ0) is 18.0. The molecule has 1 N–H and O–H groups in total. The summed E-state index contributed by atoms with van der Waals surface area (Å²) in [5.41, 5.74) is 1.90. The summed E-state index contributed by atoms with van der Waals surface area (Å²) in [5, 5.41) is 0. The van der Waals surface area contributed by atoms with E-state index < -0.39 is 11.6 Å². The molecule has 0 unspecified atom stereocenters. The zero-order valence-electron chi connectivity index (χ0n) is 14.5. The first-order chi connectivity index (χ1) is 11.9. The van der Waals surface area contributed by atoms with Crippen molar-refractivity contribution in [1.29, 1.82) is 0 Å². The number of benzene rings is 1. The van der Waals surface area contributed by atoms with Crippen LogP contribution in [0.25, 0.3) is 11.4 Å². The Morgan fingerprint density at radius 2 is 2.16 bits per heavy atom. The van der Waals surface area contributed by atoms with Crippen LogP contribution >= 0.6 is 0 Å². The van der Waals surface area contributed by atoms with Gasteiger partial charge in [0, 0.05) is 25.5 Å². The molecular formula is C18H22F2N4O. The lowest BCUT2D eigenvalue weighted by molar-refractivity contribution is -0.132. The van der Waals surface area contributed by atoms with Gasteiger partial charge in [0.25, 0.3) is 0 Å². The number of nitrogens with zero attached hydrogens (tertiary/aromatic N) is 3. The molecule has 134 valence electrons. The second kappa shape index (κ2) is 7.31. The number of nitrogens with one attached hydrogen (secondary N) is 1. The van der Waals surface area contributed by atoms with Gasteiger partial charge in [0.15, 0.2) is 0 Å². The van der Waals surface area contributed by atoms with Gasteiger partial charge in [0.1, 0.15) is 17.5 Å². The SMILES string of the molecule is CN(C)CCCC(=O)N1CCc2nc(-c3ccc(F)cc3F)[nH]c2C1. The number of carbonyl (C=O) groups excluding carboxylic acids is 1. The van der Waals surface area contributed by atoms with Crippen LogP contribution in [-0.4, -0.2) is 52.9 Å². The van der Waals surface area contributed by atoms with E-state index in [0.717, 1.165) is 30.4 Å². The van der Waals surface area contributed by atoms with E-state index in [2.05, 4.69) is 14.9 Å². The molecule has 0 fully saturated rings. The fraction of sp³-hybridized carbons (Fsp3) is 0.444. The Kier molecular flexibility index (Phi) is 5.13. The lowest BCUT2D eigenvalue weighted by Crippen LogP contribution is -2.36. The third-order valence-electron chi connectivity index (χ3n) is 4.37. The lowest BCUT2D eigenvalue weighted by atomic mass is 10.1. The maximum absolute atomic E-state index is 13.9. The van der Waals surface area contributed by atoms with Crippen molar-refractivity contribution < 1.29 is 13.6 Å². The largest absolute Gasteiger partial charge is 0.340 e. The minimum absolute atomic E-state index is 0.122. The van der Waals surface area contributed by atoms with Gasteiger partial charge in [-0.1, -0.05) is 0 Å². The van der Waals surface area contributed by atoms with Crippen molar-refractivity contribution in [3.63, 3.8) is 0 Å². The highest BCUT2D eigenvalue weighted by molar-refractivity contribution is 5.76. The van der Waals surface area contributed by atoms with Crippen LogP contribution in [0.5, 0.6) is 0 Å². The Bertz CT molecular complexity index is 772. The number of imidazole rings is 1. The number of aromatic nitrogens is 2. The first-order valence-corrected chi connectivity index (χ1v) is 8.39. The van der Waals surface area contributed by atoms with E-state index in [1.165, 1.54) is 12.1 Å². The van der Waals surface area contributed by atoms with Crippen molar-refractivity contribution in [2.75, 3.05) is 27.2 Å². The van der Waals surface area contributed by atoms with Gasteiger partial charge >= 0.3 is 0 Å². The molecule has 0 atom stereocenters. The van der Waals surface area contributed by atoms with E-state index >= 15 is 0 Å². The molecule has 0 bridgehead atoms. The topological polar surface area (TPSA) is 52.2 Å². The molecule has 5 nitrogen and oxygen atoms in total. The van der Waals surface area contributed by atoms with Crippen LogP contribution in [0.3, 0.4) is 0 Å². The van der Waals surface area contributed by atoms with E-state index in [-0.39, 0.29) is 11.5 Å².